The molecule has 2 unspecified atom stereocenters. The lowest BCUT2D eigenvalue weighted by atomic mass is 9.90. The Morgan fingerprint density at radius 3 is 2.67 bits per heavy atom. The standard InChI is InChI=1S/C22H33N7O/c1-5-22(3,4)29-20(30)19-25-15-11-10-13(2)12-14(15)18(28-19)26-16-8-6-7-9-17(16)27-21(23)24/h10-12,16-17H,5-9H2,1-4H3,(H,29,30)(H4,23,24,27)(H,25,26,28). The zero-order chi connectivity index (χ0) is 21.9. The van der Waals surface area contributed by atoms with Crippen molar-refractivity contribution in [3.63, 3.8) is 0 Å². The molecule has 1 heterocycles. The van der Waals surface area contributed by atoms with Crippen LogP contribution in [0.4, 0.5) is 5.82 Å². The van der Waals surface area contributed by atoms with Gasteiger partial charge in [0.15, 0.2) is 5.96 Å². The molecule has 8 nitrogen and oxygen atoms in total. The molecule has 1 fully saturated rings. The van der Waals surface area contributed by atoms with Crippen molar-refractivity contribution in [2.45, 2.75) is 77.4 Å². The molecule has 3 rings (SSSR count). The van der Waals surface area contributed by atoms with Crippen molar-refractivity contribution in [2.24, 2.45) is 16.5 Å². The number of carbonyl (C=O) groups is 1. The molecule has 1 aliphatic rings. The van der Waals surface area contributed by atoms with Crippen molar-refractivity contribution < 1.29 is 4.79 Å². The van der Waals surface area contributed by atoms with Gasteiger partial charge in [-0.25, -0.2) is 15.0 Å². The van der Waals surface area contributed by atoms with Crippen molar-refractivity contribution >= 4 is 28.6 Å². The van der Waals surface area contributed by atoms with E-state index in [9.17, 15) is 4.79 Å². The van der Waals surface area contributed by atoms with Crippen LogP contribution in [0.25, 0.3) is 10.9 Å². The second-order valence-electron chi connectivity index (χ2n) is 8.76. The number of nitrogens with one attached hydrogen (secondary N) is 2. The van der Waals surface area contributed by atoms with E-state index in [1.807, 2.05) is 45.9 Å². The molecule has 162 valence electrons. The Hall–Kier alpha value is -2.90. The normalized spacial score (nSPS) is 19.3. The molecule has 0 saturated heterocycles. The molecule has 1 aliphatic carbocycles. The molecule has 8 heteroatoms. The average Bonchev–Trinajstić information content (AvgIpc) is 2.69. The van der Waals surface area contributed by atoms with Gasteiger partial charge in [-0.3, -0.25) is 4.79 Å². The topological polar surface area (TPSA) is 131 Å². The number of aromatic nitrogens is 2. The van der Waals surface area contributed by atoms with Gasteiger partial charge in [0.2, 0.25) is 5.82 Å². The number of aryl methyl sites for hydroxylation is 1. The Bertz CT molecular complexity index is 950. The summed E-state index contributed by atoms with van der Waals surface area (Å²) in [5.74, 6) is 0.617. The Morgan fingerprint density at radius 1 is 1.23 bits per heavy atom. The predicted octanol–water partition coefficient (Wildman–Crippen LogP) is 2.85. The van der Waals surface area contributed by atoms with E-state index in [2.05, 4.69) is 25.6 Å². The minimum absolute atomic E-state index is 0.0186. The predicted molar refractivity (Wildman–Crippen MR) is 122 cm³/mol. The van der Waals surface area contributed by atoms with E-state index < -0.39 is 0 Å². The maximum Gasteiger partial charge on any atom is 0.289 e. The number of carbonyl (C=O) groups excluding carboxylic acids is 1. The zero-order valence-electron chi connectivity index (χ0n) is 18.3. The minimum Gasteiger partial charge on any atom is -0.370 e. The van der Waals surface area contributed by atoms with Crippen molar-refractivity contribution in [3.8, 4) is 0 Å². The SMILES string of the molecule is CCC(C)(C)NC(=O)c1nc(NC2CCCCC2N=C(N)N)c2cc(C)ccc2n1. The number of fused-ring (bicyclic) bond motifs is 1. The largest absolute Gasteiger partial charge is 0.370 e. The van der Waals surface area contributed by atoms with Crippen molar-refractivity contribution in [1.29, 1.82) is 0 Å². The van der Waals surface area contributed by atoms with E-state index in [0.29, 0.717) is 5.82 Å². The molecule has 6 N–H and O–H groups in total. The van der Waals surface area contributed by atoms with E-state index in [0.717, 1.165) is 48.6 Å². The van der Waals surface area contributed by atoms with Gasteiger partial charge in [0.1, 0.15) is 5.82 Å². The fourth-order valence-electron chi connectivity index (χ4n) is 3.71. The first kappa shape index (κ1) is 21.8. The lowest BCUT2D eigenvalue weighted by Crippen LogP contribution is -2.43. The molecule has 1 saturated carbocycles. The molecule has 0 aliphatic heterocycles. The number of guanidine groups is 1. The minimum atomic E-state index is -0.335. The first-order valence-corrected chi connectivity index (χ1v) is 10.6. The molecular formula is C22H33N7O. The summed E-state index contributed by atoms with van der Waals surface area (Å²) >= 11 is 0. The number of rotatable bonds is 6. The summed E-state index contributed by atoms with van der Waals surface area (Å²) in [6, 6.07) is 5.97. The second-order valence-corrected chi connectivity index (χ2v) is 8.76. The van der Waals surface area contributed by atoms with Crippen LogP contribution in [0, 0.1) is 6.92 Å². The summed E-state index contributed by atoms with van der Waals surface area (Å²) in [5, 5.41) is 7.43. The highest BCUT2D eigenvalue weighted by atomic mass is 16.2. The third-order valence-electron chi connectivity index (χ3n) is 5.76. The molecule has 2 atom stereocenters. The number of hydrogen-bond acceptors (Lipinski definition) is 5. The van der Waals surface area contributed by atoms with Crippen LogP contribution >= 0.6 is 0 Å². The quantitative estimate of drug-likeness (QED) is 0.427. The van der Waals surface area contributed by atoms with Crippen LogP contribution in [-0.2, 0) is 0 Å². The number of aliphatic imine (C=N–C) groups is 1. The average molecular weight is 412 g/mol. The molecule has 0 spiro atoms. The van der Waals surface area contributed by atoms with Crippen LogP contribution in [0.1, 0.15) is 69.1 Å². The summed E-state index contributed by atoms with van der Waals surface area (Å²) in [6.07, 6.45) is 4.83. The van der Waals surface area contributed by atoms with E-state index in [1.165, 1.54) is 0 Å². The fraction of sp³-hybridized carbons (Fsp3) is 0.545. The zero-order valence-corrected chi connectivity index (χ0v) is 18.3. The molecule has 0 bridgehead atoms. The second kappa shape index (κ2) is 8.85. The smallest absolute Gasteiger partial charge is 0.289 e. The molecule has 1 aromatic heterocycles. The van der Waals surface area contributed by atoms with Crippen molar-refractivity contribution in [1.82, 2.24) is 15.3 Å². The lowest BCUT2D eigenvalue weighted by Gasteiger charge is -2.30. The van der Waals surface area contributed by atoms with Crippen LogP contribution in [0.3, 0.4) is 0 Å². The summed E-state index contributed by atoms with van der Waals surface area (Å²) < 4.78 is 0. The molecule has 30 heavy (non-hydrogen) atoms. The van der Waals surface area contributed by atoms with Gasteiger partial charge in [-0.15, -0.1) is 0 Å². The van der Waals surface area contributed by atoms with Crippen LogP contribution < -0.4 is 22.1 Å². The monoisotopic (exact) mass is 411 g/mol. The number of nitrogens with two attached hydrogens (primary N) is 2. The van der Waals surface area contributed by atoms with Gasteiger partial charge in [0, 0.05) is 10.9 Å². The number of benzene rings is 1. The highest BCUT2D eigenvalue weighted by molar-refractivity contribution is 5.97. The van der Waals surface area contributed by atoms with Gasteiger partial charge in [0.25, 0.3) is 5.91 Å². The Kier molecular flexibility index (Phi) is 6.43. The van der Waals surface area contributed by atoms with Crippen LogP contribution in [0.5, 0.6) is 0 Å². The number of amides is 1. The third kappa shape index (κ3) is 5.17. The summed E-state index contributed by atoms with van der Waals surface area (Å²) in [7, 11) is 0. The Balaban J connectivity index is 2.00. The molecule has 1 aromatic carbocycles. The third-order valence-corrected chi connectivity index (χ3v) is 5.76. The van der Waals surface area contributed by atoms with E-state index >= 15 is 0 Å². The molecular weight excluding hydrogens is 378 g/mol. The van der Waals surface area contributed by atoms with Crippen LogP contribution in [-0.4, -0.2) is 39.5 Å². The first-order valence-electron chi connectivity index (χ1n) is 10.6. The van der Waals surface area contributed by atoms with E-state index in [4.69, 9.17) is 11.5 Å². The molecule has 1 amide bonds. The summed E-state index contributed by atoms with van der Waals surface area (Å²) in [5.41, 5.74) is 12.8. The van der Waals surface area contributed by atoms with Gasteiger partial charge in [0.05, 0.1) is 17.6 Å². The molecule has 2 aromatic rings. The van der Waals surface area contributed by atoms with Gasteiger partial charge in [-0.2, -0.15) is 0 Å². The van der Waals surface area contributed by atoms with Gasteiger partial charge < -0.3 is 22.1 Å². The van der Waals surface area contributed by atoms with Gasteiger partial charge in [-0.1, -0.05) is 31.4 Å². The number of anilines is 1. The first-order chi connectivity index (χ1) is 14.2. The van der Waals surface area contributed by atoms with Crippen LogP contribution in [0.2, 0.25) is 0 Å². The molecule has 0 radical (unpaired) electrons. The van der Waals surface area contributed by atoms with Gasteiger partial charge >= 0.3 is 0 Å². The van der Waals surface area contributed by atoms with E-state index in [1.54, 1.807) is 0 Å². The number of hydrogen-bond donors (Lipinski definition) is 4. The van der Waals surface area contributed by atoms with Crippen LogP contribution in [0.15, 0.2) is 23.2 Å². The Morgan fingerprint density at radius 2 is 1.97 bits per heavy atom. The lowest BCUT2D eigenvalue weighted by molar-refractivity contribution is 0.0901. The highest BCUT2D eigenvalue weighted by Gasteiger charge is 2.27. The fourth-order valence-corrected chi connectivity index (χ4v) is 3.71. The van der Waals surface area contributed by atoms with E-state index in [-0.39, 0.29) is 35.3 Å². The maximum atomic E-state index is 12.9. The Labute approximate surface area is 177 Å². The summed E-state index contributed by atoms with van der Waals surface area (Å²) in [4.78, 5) is 26.4. The number of nitrogens with zero attached hydrogens (tertiary/aromatic N) is 3. The highest BCUT2D eigenvalue weighted by Crippen LogP contribution is 2.28. The van der Waals surface area contributed by atoms with Gasteiger partial charge in [-0.05, 0) is 52.2 Å². The maximum absolute atomic E-state index is 12.9. The summed E-state index contributed by atoms with van der Waals surface area (Å²) in [6.45, 7) is 8.02. The van der Waals surface area contributed by atoms with Crippen molar-refractivity contribution in [2.75, 3.05) is 5.32 Å². The van der Waals surface area contributed by atoms with Crippen molar-refractivity contribution in [3.05, 3.63) is 29.6 Å².